The first-order valence-corrected chi connectivity index (χ1v) is 4.03. The van der Waals surface area contributed by atoms with Crippen LogP contribution in [-0.4, -0.2) is 11.0 Å². The SMILES string of the molecule is CC(NC(N)=O)c1nccs1. The van der Waals surface area contributed by atoms with Crippen molar-refractivity contribution in [1.29, 1.82) is 0 Å². The minimum Gasteiger partial charge on any atom is -0.352 e. The van der Waals surface area contributed by atoms with Gasteiger partial charge in [-0.3, -0.25) is 0 Å². The number of nitrogens with zero attached hydrogens (tertiary/aromatic N) is 1. The third kappa shape index (κ3) is 2.19. The number of urea groups is 1. The lowest BCUT2D eigenvalue weighted by Crippen LogP contribution is -2.31. The molecule has 5 heteroatoms. The molecule has 11 heavy (non-hydrogen) atoms. The Balaban J connectivity index is 2.56. The number of aromatic nitrogens is 1. The summed E-state index contributed by atoms with van der Waals surface area (Å²) in [5.74, 6) is 0. The minimum absolute atomic E-state index is 0.0903. The molecule has 1 aromatic heterocycles. The van der Waals surface area contributed by atoms with Crippen LogP contribution in [0.5, 0.6) is 0 Å². The van der Waals surface area contributed by atoms with E-state index in [0.717, 1.165) is 5.01 Å². The number of nitrogens with two attached hydrogens (primary N) is 1. The zero-order valence-corrected chi connectivity index (χ0v) is 6.89. The quantitative estimate of drug-likeness (QED) is 0.693. The van der Waals surface area contributed by atoms with Crippen molar-refractivity contribution in [3.8, 4) is 0 Å². The van der Waals surface area contributed by atoms with Crippen molar-refractivity contribution in [3.05, 3.63) is 16.6 Å². The third-order valence-corrected chi connectivity index (χ3v) is 2.14. The number of thiazole rings is 1. The summed E-state index contributed by atoms with van der Waals surface area (Å²) >= 11 is 1.49. The number of carbonyl (C=O) groups is 1. The van der Waals surface area contributed by atoms with Crippen LogP contribution in [0.1, 0.15) is 18.0 Å². The van der Waals surface area contributed by atoms with E-state index in [4.69, 9.17) is 5.73 Å². The Labute approximate surface area is 68.4 Å². The van der Waals surface area contributed by atoms with Gasteiger partial charge in [0.25, 0.3) is 0 Å². The van der Waals surface area contributed by atoms with Gasteiger partial charge in [0.05, 0.1) is 6.04 Å². The van der Waals surface area contributed by atoms with Crippen LogP contribution < -0.4 is 11.1 Å². The van der Waals surface area contributed by atoms with Crippen molar-refractivity contribution in [2.24, 2.45) is 5.73 Å². The maximum absolute atomic E-state index is 10.4. The number of amides is 2. The molecule has 0 bridgehead atoms. The van der Waals surface area contributed by atoms with Crippen LogP contribution >= 0.6 is 11.3 Å². The summed E-state index contributed by atoms with van der Waals surface area (Å²) in [5, 5.41) is 5.25. The van der Waals surface area contributed by atoms with Gasteiger partial charge in [0.15, 0.2) is 0 Å². The zero-order valence-electron chi connectivity index (χ0n) is 6.07. The van der Waals surface area contributed by atoms with Crippen LogP contribution in [0.3, 0.4) is 0 Å². The van der Waals surface area contributed by atoms with Crippen molar-refractivity contribution in [3.63, 3.8) is 0 Å². The Hall–Kier alpha value is -1.10. The lowest BCUT2D eigenvalue weighted by atomic mass is 10.4. The molecule has 1 rings (SSSR count). The molecular formula is C6H9N3OS. The molecule has 0 aliphatic carbocycles. The fraction of sp³-hybridized carbons (Fsp3) is 0.333. The molecule has 4 nitrogen and oxygen atoms in total. The molecule has 1 aromatic rings. The molecule has 0 saturated carbocycles. The van der Waals surface area contributed by atoms with E-state index in [2.05, 4.69) is 10.3 Å². The number of primary amides is 1. The highest BCUT2D eigenvalue weighted by Crippen LogP contribution is 2.13. The first-order valence-electron chi connectivity index (χ1n) is 3.15. The van der Waals surface area contributed by atoms with E-state index < -0.39 is 6.03 Å². The second kappa shape index (κ2) is 3.34. The summed E-state index contributed by atoms with van der Waals surface area (Å²) in [6, 6.07) is -0.611. The fourth-order valence-corrected chi connectivity index (χ4v) is 1.37. The van der Waals surface area contributed by atoms with Crippen molar-refractivity contribution < 1.29 is 4.79 Å². The summed E-state index contributed by atoms with van der Waals surface area (Å²) in [6.45, 7) is 1.84. The lowest BCUT2D eigenvalue weighted by Gasteiger charge is -2.07. The standard InChI is InChI=1S/C6H9N3OS/c1-4(9-6(7)10)5-8-2-3-11-5/h2-4H,1H3,(H3,7,9,10). The van der Waals surface area contributed by atoms with Gasteiger partial charge in [-0.2, -0.15) is 0 Å². The molecule has 0 aromatic carbocycles. The van der Waals surface area contributed by atoms with Gasteiger partial charge < -0.3 is 11.1 Å². The fourth-order valence-electron chi connectivity index (χ4n) is 0.723. The molecule has 60 valence electrons. The summed E-state index contributed by atoms with van der Waals surface area (Å²) in [7, 11) is 0. The van der Waals surface area contributed by atoms with Crippen molar-refractivity contribution in [2.75, 3.05) is 0 Å². The number of carbonyl (C=O) groups excluding carboxylic acids is 1. The summed E-state index contributed by atoms with van der Waals surface area (Å²) in [5.41, 5.74) is 4.93. The Morgan fingerprint density at radius 2 is 2.64 bits per heavy atom. The van der Waals surface area contributed by atoms with E-state index in [1.165, 1.54) is 11.3 Å². The second-order valence-electron chi connectivity index (χ2n) is 2.10. The molecule has 0 spiro atoms. The molecule has 0 aliphatic heterocycles. The molecule has 0 fully saturated rings. The summed E-state index contributed by atoms with van der Waals surface area (Å²) in [6.07, 6.45) is 1.69. The summed E-state index contributed by atoms with van der Waals surface area (Å²) < 4.78 is 0. The van der Waals surface area contributed by atoms with Gasteiger partial charge in [-0.25, -0.2) is 9.78 Å². The molecule has 1 heterocycles. The predicted octanol–water partition coefficient (Wildman–Crippen LogP) is 0.872. The average Bonchev–Trinajstić information content (AvgIpc) is 2.35. The number of rotatable bonds is 2. The Morgan fingerprint density at radius 3 is 3.09 bits per heavy atom. The topological polar surface area (TPSA) is 68.0 Å². The molecule has 1 unspecified atom stereocenters. The predicted molar refractivity (Wildman–Crippen MR) is 43.2 cm³/mol. The van der Waals surface area contributed by atoms with Crippen LogP contribution in [0.4, 0.5) is 4.79 Å². The first-order chi connectivity index (χ1) is 5.20. The highest BCUT2D eigenvalue weighted by Gasteiger charge is 2.07. The lowest BCUT2D eigenvalue weighted by molar-refractivity contribution is 0.246. The number of hydrogen-bond acceptors (Lipinski definition) is 3. The van der Waals surface area contributed by atoms with Crippen molar-refractivity contribution >= 4 is 17.4 Å². The van der Waals surface area contributed by atoms with Crippen LogP contribution in [0.2, 0.25) is 0 Å². The molecule has 2 amide bonds. The second-order valence-corrected chi connectivity index (χ2v) is 3.03. The van der Waals surface area contributed by atoms with Gasteiger partial charge in [0.1, 0.15) is 5.01 Å². The van der Waals surface area contributed by atoms with E-state index >= 15 is 0 Å². The average molecular weight is 171 g/mol. The molecule has 1 atom stereocenters. The van der Waals surface area contributed by atoms with Crippen molar-refractivity contribution in [1.82, 2.24) is 10.3 Å². The smallest absolute Gasteiger partial charge is 0.312 e. The molecule has 3 N–H and O–H groups in total. The van der Waals surface area contributed by atoms with E-state index in [-0.39, 0.29) is 6.04 Å². The number of hydrogen-bond donors (Lipinski definition) is 2. The van der Waals surface area contributed by atoms with Gasteiger partial charge in [0, 0.05) is 11.6 Å². The number of nitrogens with one attached hydrogen (secondary N) is 1. The molecular weight excluding hydrogens is 162 g/mol. The Kier molecular flexibility index (Phi) is 2.43. The van der Waals surface area contributed by atoms with Gasteiger partial charge in [-0.15, -0.1) is 11.3 Å². The van der Waals surface area contributed by atoms with E-state index in [9.17, 15) is 4.79 Å². The first kappa shape index (κ1) is 8.00. The molecule has 0 saturated heterocycles. The normalized spacial score (nSPS) is 12.5. The van der Waals surface area contributed by atoms with Crippen molar-refractivity contribution in [2.45, 2.75) is 13.0 Å². The molecule has 0 aliphatic rings. The largest absolute Gasteiger partial charge is 0.352 e. The Morgan fingerprint density at radius 1 is 1.91 bits per heavy atom. The Bertz CT molecular complexity index is 234. The van der Waals surface area contributed by atoms with Crippen LogP contribution in [0, 0.1) is 0 Å². The third-order valence-electron chi connectivity index (χ3n) is 1.18. The molecule has 0 radical (unpaired) electrons. The maximum atomic E-state index is 10.4. The van der Waals surface area contributed by atoms with Crippen LogP contribution in [0.15, 0.2) is 11.6 Å². The van der Waals surface area contributed by atoms with Gasteiger partial charge in [-0.1, -0.05) is 0 Å². The van der Waals surface area contributed by atoms with Crippen LogP contribution in [0.25, 0.3) is 0 Å². The zero-order chi connectivity index (χ0) is 8.27. The minimum atomic E-state index is -0.521. The maximum Gasteiger partial charge on any atom is 0.312 e. The van der Waals surface area contributed by atoms with E-state index in [1.54, 1.807) is 6.20 Å². The van der Waals surface area contributed by atoms with Gasteiger partial charge in [0.2, 0.25) is 0 Å². The van der Waals surface area contributed by atoms with Gasteiger partial charge >= 0.3 is 6.03 Å². The highest BCUT2D eigenvalue weighted by molar-refractivity contribution is 7.09. The van der Waals surface area contributed by atoms with E-state index in [0.29, 0.717) is 0 Å². The summed E-state index contributed by atoms with van der Waals surface area (Å²) in [4.78, 5) is 14.4. The highest BCUT2D eigenvalue weighted by atomic mass is 32.1. The van der Waals surface area contributed by atoms with Crippen LogP contribution in [-0.2, 0) is 0 Å². The van der Waals surface area contributed by atoms with E-state index in [1.807, 2.05) is 12.3 Å². The van der Waals surface area contributed by atoms with Gasteiger partial charge in [-0.05, 0) is 6.92 Å². The monoisotopic (exact) mass is 171 g/mol.